The molecule has 1 amide bonds. The van der Waals surface area contributed by atoms with Crippen LogP contribution in [0.5, 0.6) is 0 Å². The van der Waals surface area contributed by atoms with Gasteiger partial charge in [-0.15, -0.1) is 10.2 Å². The van der Waals surface area contributed by atoms with Gasteiger partial charge in [-0.25, -0.2) is 0 Å². The molecule has 2 heterocycles. The van der Waals surface area contributed by atoms with Crippen molar-refractivity contribution in [2.45, 2.75) is 17.3 Å². The fourth-order valence-corrected chi connectivity index (χ4v) is 3.35. The van der Waals surface area contributed by atoms with Gasteiger partial charge in [0.15, 0.2) is 10.8 Å². The Bertz CT molecular complexity index is 847. The number of pyridine rings is 1. The van der Waals surface area contributed by atoms with Crippen LogP contribution in [-0.2, 0) is 4.79 Å². The van der Waals surface area contributed by atoms with Crippen molar-refractivity contribution in [3.05, 3.63) is 52.6 Å². The molecule has 8 heteroatoms. The summed E-state index contributed by atoms with van der Waals surface area (Å²) in [5.41, 5.74) is 1.30. The highest BCUT2D eigenvalue weighted by Crippen LogP contribution is 2.25. The van der Waals surface area contributed by atoms with E-state index in [4.69, 9.17) is 23.2 Å². The van der Waals surface area contributed by atoms with Crippen LogP contribution in [0.1, 0.15) is 6.92 Å². The van der Waals surface area contributed by atoms with E-state index in [0.717, 1.165) is 5.65 Å². The topological polar surface area (TPSA) is 59.3 Å². The molecule has 1 atom stereocenters. The zero-order chi connectivity index (χ0) is 16.4. The molecule has 0 aliphatic carbocycles. The van der Waals surface area contributed by atoms with Crippen molar-refractivity contribution in [2.75, 3.05) is 5.32 Å². The molecule has 118 valence electrons. The number of thioether (sulfide) groups is 1. The van der Waals surface area contributed by atoms with Gasteiger partial charge in [0, 0.05) is 21.9 Å². The zero-order valence-electron chi connectivity index (χ0n) is 12.0. The second-order valence-corrected chi connectivity index (χ2v) is 7.00. The molecule has 23 heavy (non-hydrogen) atoms. The van der Waals surface area contributed by atoms with Crippen LogP contribution in [0, 0.1) is 0 Å². The molecule has 0 bridgehead atoms. The zero-order valence-corrected chi connectivity index (χ0v) is 14.4. The summed E-state index contributed by atoms with van der Waals surface area (Å²) in [6.07, 6.45) is 1.86. The van der Waals surface area contributed by atoms with Gasteiger partial charge < -0.3 is 5.32 Å². The molecule has 0 aliphatic rings. The van der Waals surface area contributed by atoms with Crippen molar-refractivity contribution < 1.29 is 4.79 Å². The Morgan fingerprint density at radius 1 is 1.22 bits per heavy atom. The average molecular weight is 367 g/mol. The number of hydrogen-bond donors (Lipinski definition) is 1. The number of nitrogens with zero attached hydrogens (tertiary/aromatic N) is 3. The highest BCUT2D eigenvalue weighted by atomic mass is 35.5. The minimum atomic E-state index is -0.361. The Morgan fingerprint density at radius 2 is 1.96 bits per heavy atom. The largest absolute Gasteiger partial charge is 0.325 e. The lowest BCUT2D eigenvalue weighted by molar-refractivity contribution is -0.115. The Morgan fingerprint density at radius 3 is 2.70 bits per heavy atom. The summed E-state index contributed by atoms with van der Waals surface area (Å²) in [6.45, 7) is 1.80. The van der Waals surface area contributed by atoms with Crippen molar-refractivity contribution >= 4 is 52.2 Å². The van der Waals surface area contributed by atoms with Gasteiger partial charge in [0.1, 0.15) is 0 Å². The lowest BCUT2D eigenvalue weighted by Crippen LogP contribution is -2.22. The first-order chi connectivity index (χ1) is 11.0. The molecule has 0 radical (unpaired) electrons. The highest BCUT2D eigenvalue weighted by molar-refractivity contribution is 8.00. The van der Waals surface area contributed by atoms with Crippen LogP contribution < -0.4 is 5.32 Å². The molecule has 2 aromatic heterocycles. The number of amides is 1. The van der Waals surface area contributed by atoms with Gasteiger partial charge in [-0.2, -0.15) is 0 Å². The molecular weight excluding hydrogens is 355 g/mol. The fourth-order valence-electron chi connectivity index (χ4n) is 1.98. The summed E-state index contributed by atoms with van der Waals surface area (Å²) in [5.74, 6) is -0.166. The van der Waals surface area contributed by atoms with Crippen LogP contribution in [0.15, 0.2) is 47.8 Å². The second kappa shape index (κ2) is 6.78. The van der Waals surface area contributed by atoms with Crippen molar-refractivity contribution in [2.24, 2.45) is 0 Å². The third-order valence-electron chi connectivity index (χ3n) is 3.06. The van der Waals surface area contributed by atoms with Gasteiger partial charge in [-0.1, -0.05) is 41.0 Å². The summed E-state index contributed by atoms with van der Waals surface area (Å²) < 4.78 is 1.84. The number of halogens is 2. The number of aromatic nitrogens is 3. The highest BCUT2D eigenvalue weighted by Gasteiger charge is 2.18. The first kappa shape index (κ1) is 16.1. The minimum Gasteiger partial charge on any atom is -0.325 e. The second-order valence-electron chi connectivity index (χ2n) is 4.82. The van der Waals surface area contributed by atoms with Gasteiger partial charge in [0.25, 0.3) is 0 Å². The number of hydrogen-bond acceptors (Lipinski definition) is 4. The first-order valence-electron chi connectivity index (χ1n) is 6.76. The number of anilines is 1. The van der Waals surface area contributed by atoms with E-state index in [2.05, 4.69) is 15.5 Å². The predicted octanol–water partition coefficient (Wildman–Crippen LogP) is 4.16. The van der Waals surface area contributed by atoms with Crippen LogP contribution in [-0.4, -0.2) is 25.8 Å². The lowest BCUT2D eigenvalue weighted by Gasteiger charge is -2.11. The Labute approximate surface area is 147 Å². The molecule has 0 saturated heterocycles. The van der Waals surface area contributed by atoms with E-state index in [-0.39, 0.29) is 11.2 Å². The maximum Gasteiger partial charge on any atom is 0.237 e. The molecule has 3 aromatic rings. The molecule has 0 unspecified atom stereocenters. The standard InChI is InChI=1S/C15H12Cl2N4OS/c1-9(14(22)18-12-7-10(16)6-11(17)8-12)23-15-20-19-13-4-2-3-5-21(13)15/h2-9H,1H3,(H,18,22)/t9-/m1/s1. The summed E-state index contributed by atoms with van der Waals surface area (Å²) in [7, 11) is 0. The number of carbonyl (C=O) groups excluding carboxylic acids is 1. The van der Waals surface area contributed by atoms with Crippen molar-refractivity contribution in [1.82, 2.24) is 14.6 Å². The van der Waals surface area contributed by atoms with Gasteiger partial charge in [0.05, 0.1) is 5.25 Å². The smallest absolute Gasteiger partial charge is 0.237 e. The van der Waals surface area contributed by atoms with Crippen LogP contribution >= 0.6 is 35.0 Å². The summed E-state index contributed by atoms with van der Waals surface area (Å²) in [4.78, 5) is 12.3. The molecule has 1 aromatic carbocycles. The molecule has 3 rings (SSSR count). The monoisotopic (exact) mass is 366 g/mol. The first-order valence-corrected chi connectivity index (χ1v) is 8.40. The fraction of sp³-hybridized carbons (Fsp3) is 0.133. The number of fused-ring (bicyclic) bond motifs is 1. The Kier molecular flexibility index (Phi) is 4.75. The van der Waals surface area contributed by atoms with Crippen LogP contribution in [0.25, 0.3) is 5.65 Å². The molecule has 1 N–H and O–H groups in total. The molecule has 5 nitrogen and oxygen atoms in total. The number of nitrogens with one attached hydrogen (secondary N) is 1. The molecule has 0 aliphatic heterocycles. The maximum atomic E-state index is 12.3. The van der Waals surface area contributed by atoms with Crippen molar-refractivity contribution in [3.63, 3.8) is 0 Å². The summed E-state index contributed by atoms with van der Waals surface area (Å²) in [6, 6.07) is 10.5. The van der Waals surface area contributed by atoms with E-state index in [0.29, 0.717) is 20.9 Å². The summed E-state index contributed by atoms with van der Waals surface area (Å²) >= 11 is 13.2. The van der Waals surface area contributed by atoms with Crippen molar-refractivity contribution in [1.29, 1.82) is 0 Å². The van der Waals surface area contributed by atoms with Gasteiger partial charge in [0.2, 0.25) is 5.91 Å². The number of carbonyl (C=O) groups is 1. The van der Waals surface area contributed by atoms with Crippen LogP contribution in [0.4, 0.5) is 5.69 Å². The van der Waals surface area contributed by atoms with Gasteiger partial charge >= 0.3 is 0 Å². The predicted molar refractivity (Wildman–Crippen MR) is 93.4 cm³/mol. The number of benzene rings is 1. The average Bonchev–Trinajstić information content (AvgIpc) is 2.89. The third kappa shape index (κ3) is 3.77. The third-order valence-corrected chi connectivity index (χ3v) is 4.56. The SMILES string of the molecule is C[C@@H](Sc1nnc2ccccn12)C(=O)Nc1cc(Cl)cc(Cl)c1. The van der Waals surface area contributed by atoms with E-state index in [9.17, 15) is 4.79 Å². The number of rotatable bonds is 4. The van der Waals surface area contributed by atoms with E-state index >= 15 is 0 Å². The van der Waals surface area contributed by atoms with E-state index in [1.165, 1.54) is 11.8 Å². The molecule has 0 spiro atoms. The lowest BCUT2D eigenvalue weighted by atomic mass is 10.3. The van der Waals surface area contributed by atoms with Gasteiger partial charge in [-0.3, -0.25) is 9.20 Å². The summed E-state index contributed by atoms with van der Waals surface area (Å²) in [5, 5.41) is 12.2. The minimum absolute atomic E-state index is 0.166. The maximum absolute atomic E-state index is 12.3. The molecule has 0 saturated carbocycles. The normalized spacial score (nSPS) is 12.3. The van der Waals surface area contributed by atoms with Crippen molar-refractivity contribution in [3.8, 4) is 0 Å². The molecule has 0 fully saturated rings. The van der Waals surface area contributed by atoms with E-state index in [1.807, 2.05) is 28.8 Å². The van der Waals surface area contributed by atoms with E-state index < -0.39 is 0 Å². The van der Waals surface area contributed by atoms with Crippen LogP contribution in [0.3, 0.4) is 0 Å². The van der Waals surface area contributed by atoms with Crippen LogP contribution in [0.2, 0.25) is 10.0 Å². The van der Waals surface area contributed by atoms with E-state index in [1.54, 1.807) is 25.1 Å². The Balaban J connectivity index is 1.72. The van der Waals surface area contributed by atoms with Gasteiger partial charge in [-0.05, 0) is 37.3 Å². The quantitative estimate of drug-likeness (QED) is 0.704. The molecular formula is C15H12Cl2N4OS. The Hall–Kier alpha value is -1.76.